The van der Waals surface area contributed by atoms with E-state index in [9.17, 15) is 0 Å². The minimum absolute atomic E-state index is 0.0582. The van der Waals surface area contributed by atoms with Crippen LogP contribution in [0.1, 0.15) is 28.5 Å². The van der Waals surface area contributed by atoms with Crippen LogP contribution in [0, 0.1) is 20.8 Å². The first-order valence-electron chi connectivity index (χ1n) is 6.07. The van der Waals surface area contributed by atoms with Gasteiger partial charge in [0.05, 0.1) is 6.26 Å². The minimum atomic E-state index is 0.0582. The molecule has 3 heteroatoms. The number of hydrogen-bond acceptors (Lipinski definition) is 3. The van der Waals surface area contributed by atoms with E-state index in [1.807, 2.05) is 13.0 Å². The summed E-state index contributed by atoms with van der Waals surface area (Å²) in [5.74, 6) is 1.83. The van der Waals surface area contributed by atoms with Crippen LogP contribution in [0.5, 0.6) is 0 Å². The third-order valence-corrected chi connectivity index (χ3v) is 4.16. The Labute approximate surface area is 113 Å². The van der Waals surface area contributed by atoms with E-state index in [2.05, 4.69) is 32.0 Å². The molecule has 96 valence electrons. The first-order valence-corrected chi connectivity index (χ1v) is 7.05. The zero-order valence-electron chi connectivity index (χ0n) is 11.1. The maximum absolute atomic E-state index is 6.25. The van der Waals surface area contributed by atoms with Gasteiger partial charge in [-0.05, 0) is 32.4 Å². The van der Waals surface area contributed by atoms with Crippen molar-refractivity contribution in [2.75, 3.05) is 5.75 Å². The number of aryl methyl sites for hydroxylation is 3. The first kappa shape index (κ1) is 13.2. The lowest BCUT2D eigenvalue weighted by Gasteiger charge is -2.13. The van der Waals surface area contributed by atoms with Crippen LogP contribution >= 0.6 is 11.8 Å². The van der Waals surface area contributed by atoms with E-state index in [1.165, 1.54) is 21.6 Å². The molecule has 0 amide bonds. The van der Waals surface area contributed by atoms with Gasteiger partial charge in [0.1, 0.15) is 5.76 Å². The molecule has 0 saturated carbocycles. The summed E-state index contributed by atoms with van der Waals surface area (Å²) in [5, 5.41) is 0. The molecule has 0 radical (unpaired) electrons. The Morgan fingerprint density at radius 2 is 1.83 bits per heavy atom. The fourth-order valence-corrected chi connectivity index (χ4v) is 2.98. The van der Waals surface area contributed by atoms with Crippen LogP contribution in [0.15, 0.2) is 39.8 Å². The molecule has 1 unspecified atom stereocenters. The lowest BCUT2D eigenvalue weighted by molar-refractivity contribution is 0.527. The molecule has 2 nitrogen and oxygen atoms in total. The minimum Gasteiger partial charge on any atom is -0.468 e. The van der Waals surface area contributed by atoms with Gasteiger partial charge >= 0.3 is 0 Å². The number of hydrogen-bond donors (Lipinski definition) is 1. The Morgan fingerprint density at radius 3 is 2.39 bits per heavy atom. The third-order valence-electron chi connectivity index (χ3n) is 2.90. The topological polar surface area (TPSA) is 39.2 Å². The van der Waals surface area contributed by atoms with Crippen LogP contribution in [0.25, 0.3) is 0 Å². The highest BCUT2D eigenvalue weighted by atomic mass is 32.2. The standard InChI is InChI=1S/C15H19NOS/c1-10-6-11(2)8-13(7-10)14(16)9-18-15-4-5-17-12(15)3/h4-8,14H,9,16H2,1-3H3. The molecule has 2 aromatic rings. The van der Waals surface area contributed by atoms with Crippen molar-refractivity contribution in [2.45, 2.75) is 31.7 Å². The monoisotopic (exact) mass is 261 g/mol. The average molecular weight is 261 g/mol. The van der Waals surface area contributed by atoms with Crippen LogP contribution in [0.2, 0.25) is 0 Å². The molecule has 0 saturated heterocycles. The van der Waals surface area contributed by atoms with E-state index < -0.39 is 0 Å². The van der Waals surface area contributed by atoms with E-state index in [0.29, 0.717) is 0 Å². The number of benzene rings is 1. The smallest absolute Gasteiger partial charge is 0.114 e. The summed E-state index contributed by atoms with van der Waals surface area (Å²) in [6.45, 7) is 6.19. The predicted molar refractivity (Wildman–Crippen MR) is 77.0 cm³/mol. The summed E-state index contributed by atoms with van der Waals surface area (Å²) in [7, 11) is 0. The average Bonchev–Trinajstić information content (AvgIpc) is 2.70. The molecule has 1 aromatic heterocycles. The van der Waals surface area contributed by atoms with Crippen molar-refractivity contribution in [3.05, 3.63) is 53.0 Å². The molecular weight excluding hydrogens is 242 g/mol. The van der Waals surface area contributed by atoms with Gasteiger partial charge in [-0.15, -0.1) is 11.8 Å². The second kappa shape index (κ2) is 5.63. The third kappa shape index (κ3) is 3.18. The summed E-state index contributed by atoms with van der Waals surface area (Å²) in [4.78, 5) is 1.18. The number of rotatable bonds is 4. The molecule has 2 N–H and O–H groups in total. The molecule has 0 aliphatic rings. The molecule has 0 spiro atoms. The molecule has 2 rings (SSSR count). The van der Waals surface area contributed by atoms with E-state index in [4.69, 9.17) is 10.2 Å². The summed E-state index contributed by atoms with van der Waals surface area (Å²) in [6, 6.07) is 8.56. The molecule has 0 bridgehead atoms. The molecule has 1 heterocycles. The highest BCUT2D eigenvalue weighted by Crippen LogP contribution is 2.27. The highest BCUT2D eigenvalue weighted by molar-refractivity contribution is 7.99. The number of furan rings is 1. The molecule has 1 aromatic carbocycles. The van der Waals surface area contributed by atoms with Gasteiger partial charge in [-0.3, -0.25) is 0 Å². The Morgan fingerprint density at radius 1 is 1.17 bits per heavy atom. The van der Waals surface area contributed by atoms with Crippen molar-refractivity contribution in [3.63, 3.8) is 0 Å². The first-order chi connectivity index (χ1) is 8.56. The Hall–Kier alpha value is -1.19. The largest absolute Gasteiger partial charge is 0.468 e. The molecule has 0 aliphatic carbocycles. The van der Waals surface area contributed by atoms with Crippen molar-refractivity contribution >= 4 is 11.8 Å². The van der Waals surface area contributed by atoms with Crippen LogP contribution in [0.3, 0.4) is 0 Å². The lowest BCUT2D eigenvalue weighted by Crippen LogP contribution is -2.13. The van der Waals surface area contributed by atoms with Crippen LogP contribution < -0.4 is 5.73 Å². The van der Waals surface area contributed by atoms with Gasteiger partial charge < -0.3 is 10.2 Å². The van der Waals surface area contributed by atoms with E-state index in [-0.39, 0.29) is 6.04 Å². The van der Waals surface area contributed by atoms with Gasteiger partial charge in [-0.2, -0.15) is 0 Å². The Kier molecular flexibility index (Phi) is 4.15. The van der Waals surface area contributed by atoms with Crippen LogP contribution in [-0.2, 0) is 0 Å². The van der Waals surface area contributed by atoms with E-state index >= 15 is 0 Å². The molecule has 0 aliphatic heterocycles. The maximum Gasteiger partial charge on any atom is 0.114 e. The Bertz CT molecular complexity index is 513. The number of thioether (sulfide) groups is 1. The quantitative estimate of drug-likeness (QED) is 0.846. The zero-order chi connectivity index (χ0) is 13.1. The van der Waals surface area contributed by atoms with Gasteiger partial charge in [0.2, 0.25) is 0 Å². The lowest BCUT2D eigenvalue weighted by atomic mass is 10.0. The van der Waals surface area contributed by atoms with Crippen molar-refractivity contribution in [3.8, 4) is 0 Å². The van der Waals surface area contributed by atoms with Crippen molar-refractivity contribution in [1.29, 1.82) is 0 Å². The molecule has 18 heavy (non-hydrogen) atoms. The summed E-state index contributed by atoms with van der Waals surface area (Å²) in [6.07, 6.45) is 1.72. The molecular formula is C15H19NOS. The fraction of sp³-hybridized carbons (Fsp3) is 0.333. The summed E-state index contributed by atoms with van der Waals surface area (Å²) in [5.41, 5.74) is 9.99. The predicted octanol–water partition coefficient (Wildman–Crippen LogP) is 4.00. The molecule has 0 fully saturated rings. The summed E-state index contributed by atoms with van der Waals surface area (Å²) >= 11 is 1.75. The van der Waals surface area contributed by atoms with E-state index in [1.54, 1.807) is 18.0 Å². The normalized spacial score (nSPS) is 12.7. The summed E-state index contributed by atoms with van der Waals surface area (Å²) < 4.78 is 5.28. The van der Waals surface area contributed by atoms with Gasteiger partial charge in [-0.1, -0.05) is 29.3 Å². The van der Waals surface area contributed by atoms with Gasteiger partial charge in [0, 0.05) is 16.7 Å². The van der Waals surface area contributed by atoms with Gasteiger partial charge in [0.25, 0.3) is 0 Å². The van der Waals surface area contributed by atoms with E-state index in [0.717, 1.165) is 11.5 Å². The SMILES string of the molecule is Cc1cc(C)cc(C(N)CSc2ccoc2C)c1. The maximum atomic E-state index is 6.25. The van der Waals surface area contributed by atoms with Crippen molar-refractivity contribution in [2.24, 2.45) is 5.73 Å². The fourth-order valence-electron chi connectivity index (χ4n) is 2.02. The second-order valence-corrected chi connectivity index (χ2v) is 5.74. The number of nitrogens with two attached hydrogens (primary N) is 1. The van der Waals surface area contributed by atoms with Gasteiger partial charge in [0.15, 0.2) is 0 Å². The van der Waals surface area contributed by atoms with Gasteiger partial charge in [-0.25, -0.2) is 0 Å². The van der Waals surface area contributed by atoms with Crippen LogP contribution in [0.4, 0.5) is 0 Å². The Balaban J connectivity index is 2.03. The highest BCUT2D eigenvalue weighted by Gasteiger charge is 2.09. The van der Waals surface area contributed by atoms with Crippen molar-refractivity contribution in [1.82, 2.24) is 0 Å². The van der Waals surface area contributed by atoms with Crippen LogP contribution in [-0.4, -0.2) is 5.75 Å². The zero-order valence-corrected chi connectivity index (χ0v) is 11.9. The molecule has 1 atom stereocenters. The van der Waals surface area contributed by atoms with Crippen molar-refractivity contribution < 1.29 is 4.42 Å². The second-order valence-electron chi connectivity index (χ2n) is 4.68.